The summed E-state index contributed by atoms with van der Waals surface area (Å²) >= 11 is 0. The maximum atomic E-state index is 6.93. The van der Waals surface area contributed by atoms with Crippen LogP contribution in [-0.4, -0.2) is 36.4 Å². The monoisotopic (exact) mass is 818 g/mol. The van der Waals surface area contributed by atoms with E-state index in [-0.39, 0.29) is 5.41 Å². The molecule has 0 N–H and O–H groups in total. The smallest absolute Gasteiger partial charge is 0.227 e. The van der Waals surface area contributed by atoms with Gasteiger partial charge in [-0.2, -0.15) is 0 Å². The van der Waals surface area contributed by atoms with Gasteiger partial charge in [0.2, 0.25) is 5.89 Å². The Kier molecular flexibility index (Phi) is 8.55. The molecule has 9 aromatic carbocycles. The molecule has 300 valence electrons. The third-order valence-electron chi connectivity index (χ3n) is 14.1. The lowest BCUT2D eigenvalue weighted by Gasteiger charge is -2.34. The van der Waals surface area contributed by atoms with Gasteiger partial charge in [0.05, 0.1) is 5.69 Å². The fourth-order valence-electron chi connectivity index (χ4n) is 10.8. The fourth-order valence-corrected chi connectivity index (χ4v) is 10.8. The van der Waals surface area contributed by atoms with Gasteiger partial charge in [-0.1, -0.05) is 151 Å². The van der Waals surface area contributed by atoms with Crippen LogP contribution in [0.15, 0.2) is 179 Å². The Morgan fingerprint density at radius 3 is 1.95 bits per heavy atom. The van der Waals surface area contributed by atoms with Crippen molar-refractivity contribution in [3.8, 4) is 44.8 Å². The normalized spacial score (nSPS) is 12.9. The third-order valence-corrected chi connectivity index (χ3v) is 14.1. The van der Waals surface area contributed by atoms with Gasteiger partial charge < -0.3 is 13.7 Å². The van der Waals surface area contributed by atoms with Crippen molar-refractivity contribution < 1.29 is 8.83 Å². The second-order valence-corrected chi connectivity index (χ2v) is 18.0. The molecule has 0 fully saturated rings. The molecule has 0 amide bonds. The molecule has 1 aliphatic rings. The Balaban J connectivity index is 1.14. The van der Waals surface area contributed by atoms with E-state index in [0.29, 0.717) is 5.89 Å². The van der Waals surface area contributed by atoms with E-state index < -0.39 is 0 Å². The van der Waals surface area contributed by atoms with Crippen molar-refractivity contribution in [1.29, 1.82) is 0 Å². The number of hydrogen-bond donors (Lipinski definition) is 0. The van der Waals surface area contributed by atoms with Crippen LogP contribution in [0.25, 0.3) is 88.6 Å². The molecule has 0 atom stereocenters. The Labute approximate surface area is 376 Å². The maximum Gasteiger partial charge on any atom is 0.227 e. The zero-order valence-corrected chi connectivity index (χ0v) is 36.9. The van der Waals surface area contributed by atoms with Crippen molar-refractivity contribution in [3.05, 3.63) is 181 Å². The van der Waals surface area contributed by atoms with Crippen LogP contribution in [0.5, 0.6) is 0 Å². The number of benzene rings is 9. The van der Waals surface area contributed by atoms with Crippen LogP contribution in [-0.2, 0) is 5.41 Å². The summed E-state index contributed by atoms with van der Waals surface area (Å²) in [7, 11) is 9.23. The van der Waals surface area contributed by atoms with Crippen molar-refractivity contribution in [2.75, 3.05) is 4.90 Å². The molecular formula is C56H42B4N2O2. The van der Waals surface area contributed by atoms with Crippen molar-refractivity contribution in [2.45, 2.75) is 19.3 Å². The standard InChI is InChI=1S/C56H42B4N2O2/c1-56(2)39-23-12-11-21-37(39)45-40(56)24-14-25-41(45)62(34-18-7-4-8-19-34)54-51(59)49(57)48(50(58)52(54)60)38-29-33(30-44-47(38)46-35-20-10-9-15-31(35)27-28-42(46)63-44)36-22-13-26-43-53(36)61-55(64-43)32-16-5-3-6-17-32/h3-30H,57-60H2,1-2H3. The summed E-state index contributed by atoms with van der Waals surface area (Å²) in [4.78, 5) is 7.64. The molecule has 0 bridgehead atoms. The van der Waals surface area contributed by atoms with Gasteiger partial charge in [0.1, 0.15) is 48.1 Å². The zero-order valence-electron chi connectivity index (χ0n) is 36.9. The first-order valence-electron chi connectivity index (χ1n) is 22.2. The molecule has 0 saturated carbocycles. The minimum atomic E-state index is -0.128. The first-order valence-corrected chi connectivity index (χ1v) is 22.2. The number of furan rings is 1. The number of aromatic nitrogens is 1. The number of fused-ring (bicyclic) bond motifs is 9. The molecule has 1 aliphatic carbocycles. The molecule has 0 radical (unpaired) electrons. The van der Waals surface area contributed by atoms with Crippen molar-refractivity contribution in [1.82, 2.24) is 4.98 Å². The van der Waals surface area contributed by atoms with Crippen LogP contribution in [0.4, 0.5) is 17.1 Å². The van der Waals surface area contributed by atoms with E-state index >= 15 is 0 Å². The van der Waals surface area contributed by atoms with Crippen LogP contribution in [0.3, 0.4) is 0 Å². The summed E-state index contributed by atoms with van der Waals surface area (Å²) in [5, 5.41) is 4.61. The van der Waals surface area contributed by atoms with E-state index in [9.17, 15) is 0 Å². The molecule has 0 spiro atoms. The molecule has 0 aliphatic heterocycles. The highest BCUT2D eigenvalue weighted by molar-refractivity contribution is 6.63. The van der Waals surface area contributed by atoms with Gasteiger partial charge in [-0.15, -0.1) is 0 Å². The SMILES string of the molecule is Bc1c(B)c(N(c2ccccc2)c2cccc3c2-c2ccccc2C3(C)C)c(B)c(B)c1-c1cc(-c2cccc3oc(-c4ccccc4)nc23)cc2oc3ccc4ccccc4c3c12. The highest BCUT2D eigenvalue weighted by Crippen LogP contribution is 2.54. The Morgan fingerprint density at radius 2 is 1.16 bits per heavy atom. The summed E-state index contributed by atoms with van der Waals surface area (Å²) < 4.78 is 13.3. The number of para-hydroxylation sites is 2. The maximum absolute atomic E-state index is 6.93. The summed E-state index contributed by atoms with van der Waals surface area (Å²) in [5.41, 5.74) is 22.2. The molecule has 4 nitrogen and oxygen atoms in total. The number of anilines is 3. The van der Waals surface area contributed by atoms with E-state index in [1.807, 2.05) is 36.4 Å². The van der Waals surface area contributed by atoms with Gasteiger partial charge in [-0.25, -0.2) is 4.98 Å². The average molecular weight is 818 g/mol. The Hall–Kier alpha value is -7.43. The van der Waals surface area contributed by atoms with E-state index in [2.05, 4.69) is 184 Å². The fraction of sp³-hybridized carbons (Fsp3) is 0.0536. The number of nitrogens with zero attached hydrogens (tertiary/aromatic N) is 2. The van der Waals surface area contributed by atoms with Crippen molar-refractivity contribution in [3.63, 3.8) is 0 Å². The van der Waals surface area contributed by atoms with E-state index in [1.54, 1.807) is 0 Å². The van der Waals surface area contributed by atoms with Gasteiger partial charge in [-0.05, 0) is 98.8 Å². The van der Waals surface area contributed by atoms with Gasteiger partial charge in [-0.3, -0.25) is 0 Å². The zero-order chi connectivity index (χ0) is 43.4. The van der Waals surface area contributed by atoms with Gasteiger partial charge in [0.25, 0.3) is 0 Å². The van der Waals surface area contributed by atoms with E-state index in [4.69, 9.17) is 13.8 Å². The first kappa shape index (κ1) is 38.3. The van der Waals surface area contributed by atoms with Crippen molar-refractivity contribution >= 4 is 114 Å². The molecule has 2 heterocycles. The number of oxazole rings is 1. The molecule has 2 aromatic heterocycles. The Bertz CT molecular complexity index is 3680. The predicted octanol–water partition coefficient (Wildman–Crippen LogP) is 8.69. The predicted molar refractivity (Wildman–Crippen MR) is 280 cm³/mol. The lowest BCUT2D eigenvalue weighted by atomic mass is 9.64. The number of rotatable bonds is 6. The summed E-state index contributed by atoms with van der Waals surface area (Å²) in [6.45, 7) is 4.72. The van der Waals surface area contributed by atoms with E-state index in [1.165, 1.54) is 71.8 Å². The molecule has 11 aromatic rings. The highest BCUT2D eigenvalue weighted by Gasteiger charge is 2.38. The number of hydrogen-bond acceptors (Lipinski definition) is 4. The lowest BCUT2D eigenvalue weighted by molar-refractivity contribution is 0.620. The summed E-state index contributed by atoms with van der Waals surface area (Å²) in [6, 6.07) is 60.6. The van der Waals surface area contributed by atoms with Crippen LogP contribution in [0.1, 0.15) is 25.0 Å². The molecule has 12 rings (SSSR count). The largest absolute Gasteiger partial charge is 0.456 e. The van der Waals surface area contributed by atoms with Crippen molar-refractivity contribution in [2.24, 2.45) is 0 Å². The first-order chi connectivity index (χ1) is 31.2. The molecule has 8 heteroatoms. The van der Waals surface area contributed by atoms with Gasteiger partial charge in [0, 0.05) is 44.3 Å². The van der Waals surface area contributed by atoms with E-state index in [0.717, 1.165) is 61.0 Å². The second-order valence-electron chi connectivity index (χ2n) is 18.0. The lowest BCUT2D eigenvalue weighted by Crippen LogP contribution is -2.46. The minimum absolute atomic E-state index is 0.128. The third kappa shape index (κ3) is 5.58. The second kappa shape index (κ2) is 14.3. The molecule has 0 unspecified atom stereocenters. The van der Waals surface area contributed by atoms with Gasteiger partial charge >= 0.3 is 0 Å². The summed E-state index contributed by atoms with van der Waals surface area (Å²) in [6.07, 6.45) is 0. The molecular weight excluding hydrogens is 776 g/mol. The average Bonchev–Trinajstić information content (AvgIpc) is 4.01. The van der Waals surface area contributed by atoms with Gasteiger partial charge in [0.15, 0.2) is 5.58 Å². The minimum Gasteiger partial charge on any atom is -0.456 e. The summed E-state index contributed by atoms with van der Waals surface area (Å²) in [5.74, 6) is 0.604. The quantitative estimate of drug-likeness (QED) is 0.158. The highest BCUT2D eigenvalue weighted by atomic mass is 16.3. The van der Waals surface area contributed by atoms with Crippen LogP contribution < -0.4 is 26.8 Å². The van der Waals surface area contributed by atoms with Crippen LogP contribution in [0, 0.1) is 0 Å². The van der Waals surface area contributed by atoms with Crippen LogP contribution >= 0.6 is 0 Å². The topological polar surface area (TPSA) is 42.4 Å². The van der Waals surface area contributed by atoms with Crippen LogP contribution in [0.2, 0.25) is 0 Å². The Morgan fingerprint density at radius 1 is 0.484 bits per heavy atom. The molecule has 0 saturated heterocycles. The molecule has 64 heavy (non-hydrogen) atoms.